The minimum Gasteiger partial charge on any atom is -0.378 e. The Bertz CT molecular complexity index is 594. The van der Waals surface area contributed by atoms with Crippen molar-refractivity contribution in [1.82, 2.24) is 0 Å². The molecule has 0 radical (unpaired) electrons. The lowest BCUT2D eigenvalue weighted by atomic mass is 9.95. The maximum absolute atomic E-state index is 5.84. The average molecular weight is 278 g/mol. The van der Waals surface area contributed by atoms with Crippen LogP contribution in [0.5, 0.6) is 0 Å². The quantitative estimate of drug-likeness (QED) is 0.776. The Morgan fingerprint density at radius 1 is 1.00 bits per heavy atom. The summed E-state index contributed by atoms with van der Waals surface area (Å²) in [7, 11) is 0. The van der Waals surface area contributed by atoms with Crippen LogP contribution in [0.3, 0.4) is 0 Å². The third-order valence-corrected chi connectivity index (χ3v) is 4.14. The summed E-state index contributed by atoms with van der Waals surface area (Å²) >= 11 is 0. The summed E-state index contributed by atoms with van der Waals surface area (Å²) in [4.78, 5) is 0. The minimum absolute atomic E-state index is 0.388. The van der Waals surface area contributed by atoms with Crippen molar-refractivity contribution >= 4 is 5.57 Å². The third-order valence-electron chi connectivity index (χ3n) is 4.14. The zero-order valence-corrected chi connectivity index (χ0v) is 12.4. The number of benzene rings is 2. The SMILES string of the molecule is C=C(c1ccccc1)c1cccc(CC2CCCCO2)c1. The summed E-state index contributed by atoms with van der Waals surface area (Å²) in [6, 6.07) is 19.1. The molecule has 1 heterocycles. The molecule has 21 heavy (non-hydrogen) atoms. The summed E-state index contributed by atoms with van der Waals surface area (Å²) in [5.74, 6) is 0. The molecule has 0 N–H and O–H groups in total. The van der Waals surface area contributed by atoms with Crippen LogP contribution < -0.4 is 0 Å². The van der Waals surface area contributed by atoms with Crippen molar-refractivity contribution < 1.29 is 4.74 Å². The summed E-state index contributed by atoms with van der Waals surface area (Å²) in [5.41, 5.74) is 4.82. The minimum atomic E-state index is 0.388. The molecule has 0 amide bonds. The highest BCUT2D eigenvalue weighted by Crippen LogP contribution is 2.24. The molecule has 1 nitrogen and oxygen atoms in total. The second kappa shape index (κ2) is 6.73. The highest BCUT2D eigenvalue weighted by Gasteiger charge is 2.14. The van der Waals surface area contributed by atoms with Crippen LogP contribution in [0.1, 0.15) is 36.0 Å². The zero-order valence-electron chi connectivity index (χ0n) is 12.4. The first-order valence-electron chi connectivity index (χ1n) is 7.78. The highest BCUT2D eigenvalue weighted by atomic mass is 16.5. The van der Waals surface area contributed by atoms with E-state index in [1.54, 1.807) is 0 Å². The van der Waals surface area contributed by atoms with Gasteiger partial charge in [0.2, 0.25) is 0 Å². The molecule has 1 heteroatoms. The van der Waals surface area contributed by atoms with E-state index in [0.29, 0.717) is 6.10 Å². The number of ether oxygens (including phenoxy) is 1. The van der Waals surface area contributed by atoms with Crippen molar-refractivity contribution in [2.45, 2.75) is 31.8 Å². The molecule has 0 aliphatic carbocycles. The molecule has 0 aromatic heterocycles. The van der Waals surface area contributed by atoms with Gasteiger partial charge in [-0.05, 0) is 47.9 Å². The van der Waals surface area contributed by atoms with Gasteiger partial charge in [-0.1, -0.05) is 61.2 Å². The van der Waals surface area contributed by atoms with Crippen molar-refractivity contribution in [3.63, 3.8) is 0 Å². The normalized spacial score (nSPS) is 18.4. The highest BCUT2D eigenvalue weighted by molar-refractivity contribution is 5.78. The summed E-state index contributed by atoms with van der Waals surface area (Å²) < 4.78 is 5.84. The van der Waals surface area contributed by atoms with Gasteiger partial charge in [0.15, 0.2) is 0 Å². The smallest absolute Gasteiger partial charge is 0.0615 e. The molecular formula is C20H22O. The molecule has 1 saturated heterocycles. The van der Waals surface area contributed by atoms with E-state index in [2.05, 4.69) is 55.1 Å². The Hall–Kier alpha value is -1.86. The Balaban J connectivity index is 1.75. The van der Waals surface area contributed by atoms with Gasteiger partial charge in [-0.25, -0.2) is 0 Å². The fourth-order valence-electron chi connectivity index (χ4n) is 2.92. The van der Waals surface area contributed by atoms with Gasteiger partial charge in [0.05, 0.1) is 6.10 Å². The summed E-state index contributed by atoms with van der Waals surface area (Å²) in [6.45, 7) is 5.17. The van der Waals surface area contributed by atoms with Crippen LogP contribution in [0.4, 0.5) is 0 Å². The Labute approximate surface area is 127 Å². The van der Waals surface area contributed by atoms with E-state index in [1.165, 1.54) is 36.0 Å². The van der Waals surface area contributed by atoms with Gasteiger partial charge >= 0.3 is 0 Å². The van der Waals surface area contributed by atoms with Gasteiger partial charge in [-0.3, -0.25) is 0 Å². The predicted octanol–water partition coefficient (Wildman–Crippen LogP) is 4.86. The molecule has 2 aromatic rings. The monoisotopic (exact) mass is 278 g/mol. The number of rotatable bonds is 4. The molecule has 1 atom stereocenters. The molecule has 0 spiro atoms. The molecule has 1 fully saturated rings. The molecule has 1 aliphatic rings. The number of hydrogen-bond donors (Lipinski definition) is 0. The fourth-order valence-corrected chi connectivity index (χ4v) is 2.92. The Kier molecular flexibility index (Phi) is 4.52. The molecule has 1 aliphatic heterocycles. The average Bonchev–Trinajstić information content (AvgIpc) is 2.56. The van der Waals surface area contributed by atoms with Crippen LogP contribution in [0.15, 0.2) is 61.2 Å². The van der Waals surface area contributed by atoms with Crippen molar-refractivity contribution in [2.24, 2.45) is 0 Å². The van der Waals surface area contributed by atoms with Crippen LogP contribution in [0.2, 0.25) is 0 Å². The van der Waals surface area contributed by atoms with Crippen LogP contribution >= 0.6 is 0 Å². The van der Waals surface area contributed by atoms with Crippen LogP contribution in [-0.4, -0.2) is 12.7 Å². The van der Waals surface area contributed by atoms with Gasteiger partial charge in [0.1, 0.15) is 0 Å². The van der Waals surface area contributed by atoms with Crippen molar-refractivity contribution in [2.75, 3.05) is 6.61 Å². The van der Waals surface area contributed by atoms with Gasteiger partial charge in [-0.2, -0.15) is 0 Å². The first kappa shape index (κ1) is 14.1. The van der Waals surface area contributed by atoms with E-state index in [9.17, 15) is 0 Å². The van der Waals surface area contributed by atoms with Gasteiger partial charge in [0, 0.05) is 6.61 Å². The molecule has 108 valence electrons. The third kappa shape index (κ3) is 3.62. The lowest BCUT2D eigenvalue weighted by Crippen LogP contribution is -2.21. The standard InChI is InChI=1S/C20H22O/c1-16(18-9-3-2-4-10-18)19-11-7-8-17(14-19)15-20-12-5-6-13-21-20/h2-4,7-11,14,20H,1,5-6,12-13,15H2. The number of hydrogen-bond acceptors (Lipinski definition) is 1. The molecule has 1 unspecified atom stereocenters. The van der Waals surface area contributed by atoms with E-state index in [0.717, 1.165) is 18.6 Å². The topological polar surface area (TPSA) is 9.23 Å². The molecule has 0 bridgehead atoms. The molecule has 2 aromatic carbocycles. The lowest BCUT2D eigenvalue weighted by Gasteiger charge is -2.22. The summed E-state index contributed by atoms with van der Waals surface area (Å²) in [5, 5.41) is 0. The fraction of sp³-hybridized carbons (Fsp3) is 0.300. The Morgan fingerprint density at radius 3 is 2.57 bits per heavy atom. The van der Waals surface area contributed by atoms with Crippen molar-refractivity contribution in [3.8, 4) is 0 Å². The first-order valence-corrected chi connectivity index (χ1v) is 7.78. The van der Waals surface area contributed by atoms with E-state index in [1.807, 2.05) is 6.07 Å². The van der Waals surface area contributed by atoms with Crippen molar-refractivity contribution in [3.05, 3.63) is 77.9 Å². The van der Waals surface area contributed by atoms with Gasteiger partial charge < -0.3 is 4.74 Å². The van der Waals surface area contributed by atoms with Crippen LogP contribution in [0.25, 0.3) is 5.57 Å². The van der Waals surface area contributed by atoms with Gasteiger partial charge in [0.25, 0.3) is 0 Å². The Morgan fingerprint density at radius 2 is 1.81 bits per heavy atom. The predicted molar refractivity (Wildman–Crippen MR) is 88.3 cm³/mol. The largest absolute Gasteiger partial charge is 0.378 e. The summed E-state index contributed by atoms with van der Waals surface area (Å²) in [6.07, 6.45) is 5.08. The second-order valence-electron chi connectivity index (χ2n) is 5.74. The molecular weight excluding hydrogens is 256 g/mol. The van der Waals surface area contributed by atoms with Gasteiger partial charge in [-0.15, -0.1) is 0 Å². The molecule has 3 rings (SSSR count). The second-order valence-corrected chi connectivity index (χ2v) is 5.74. The van der Waals surface area contributed by atoms with Crippen molar-refractivity contribution in [1.29, 1.82) is 0 Å². The van der Waals surface area contributed by atoms with E-state index >= 15 is 0 Å². The first-order chi connectivity index (χ1) is 10.3. The van der Waals surface area contributed by atoms with Crippen LogP contribution in [0, 0.1) is 0 Å². The lowest BCUT2D eigenvalue weighted by molar-refractivity contribution is 0.0168. The van der Waals surface area contributed by atoms with Crippen LogP contribution in [-0.2, 0) is 11.2 Å². The maximum atomic E-state index is 5.84. The van der Waals surface area contributed by atoms with E-state index < -0.39 is 0 Å². The van der Waals surface area contributed by atoms with E-state index in [4.69, 9.17) is 4.74 Å². The van der Waals surface area contributed by atoms with E-state index in [-0.39, 0.29) is 0 Å². The zero-order chi connectivity index (χ0) is 14.5. The maximum Gasteiger partial charge on any atom is 0.0615 e. The molecule has 0 saturated carbocycles.